The molecule has 4 heterocycles. The number of carbonyl (C=O) groups is 3. The Kier molecular flexibility index (Phi) is 12.9. The monoisotopic (exact) mass is 812 g/mol. The lowest BCUT2D eigenvalue weighted by atomic mass is 9.72. The summed E-state index contributed by atoms with van der Waals surface area (Å²) in [6, 6.07) is 7.18. The van der Waals surface area contributed by atoms with Crippen LogP contribution in [0, 0.1) is 17.1 Å². The quantitative estimate of drug-likeness (QED) is 0.135. The predicted molar refractivity (Wildman–Crippen MR) is 187 cm³/mol. The van der Waals surface area contributed by atoms with Gasteiger partial charge in [0, 0.05) is 55.7 Å². The van der Waals surface area contributed by atoms with Gasteiger partial charge in [-0.1, -0.05) is 13.3 Å². The molecule has 3 aromatic rings. The van der Waals surface area contributed by atoms with E-state index in [9.17, 15) is 50.4 Å². The third-order valence-corrected chi connectivity index (χ3v) is 11.1. The van der Waals surface area contributed by atoms with Gasteiger partial charge >= 0.3 is 18.3 Å². The Morgan fingerprint density at radius 2 is 1.77 bits per heavy atom. The molecule has 2 unspecified atom stereocenters. The largest absolute Gasteiger partial charge is 0.493 e. The van der Waals surface area contributed by atoms with E-state index in [0.29, 0.717) is 36.7 Å². The molecule has 0 spiro atoms. The first-order valence-corrected chi connectivity index (χ1v) is 18.9. The first-order chi connectivity index (χ1) is 26.5. The number of pyridine rings is 1. The molecule has 2 fully saturated rings. The zero-order chi connectivity index (χ0) is 40.9. The van der Waals surface area contributed by atoms with Crippen LogP contribution in [0.25, 0.3) is 0 Å². The minimum atomic E-state index is -4.95. The van der Waals surface area contributed by atoms with Crippen molar-refractivity contribution >= 4 is 29.1 Å². The molecular weight excluding hydrogens is 773 g/mol. The molecule has 2 aromatic heterocycles. The van der Waals surface area contributed by atoms with E-state index >= 15 is 0 Å². The highest BCUT2D eigenvalue weighted by molar-refractivity contribution is 7.10. The summed E-state index contributed by atoms with van der Waals surface area (Å²) in [6.07, 6.45) is -7.84. The number of alkyl halides is 6. The topological polar surface area (TPSA) is 133 Å². The number of likely N-dealkylation sites (tertiary alicyclic amines) is 2. The van der Waals surface area contributed by atoms with Crippen molar-refractivity contribution in [1.29, 1.82) is 5.26 Å². The van der Waals surface area contributed by atoms with E-state index in [1.807, 2.05) is 0 Å². The molecule has 2 aliphatic heterocycles. The number of thiophene rings is 1. The van der Waals surface area contributed by atoms with Crippen molar-refractivity contribution in [2.45, 2.75) is 94.1 Å². The van der Waals surface area contributed by atoms with Gasteiger partial charge in [0.15, 0.2) is 0 Å². The fraction of sp³-hybridized carbons (Fsp3) is 0.500. The van der Waals surface area contributed by atoms with Crippen molar-refractivity contribution in [1.82, 2.24) is 14.8 Å². The average Bonchev–Trinajstić information content (AvgIpc) is 3.64. The number of hydrogen-bond acceptors (Lipinski definition) is 8. The van der Waals surface area contributed by atoms with E-state index in [4.69, 9.17) is 14.6 Å². The summed E-state index contributed by atoms with van der Waals surface area (Å²) in [7, 11) is 0. The Morgan fingerprint density at radius 1 is 1.04 bits per heavy atom. The first kappa shape index (κ1) is 42.2. The summed E-state index contributed by atoms with van der Waals surface area (Å²) in [4.78, 5) is 45.1. The highest BCUT2D eigenvalue weighted by atomic mass is 32.1. The van der Waals surface area contributed by atoms with E-state index in [-0.39, 0.29) is 81.8 Å². The van der Waals surface area contributed by atoms with Crippen molar-refractivity contribution in [3.05, 3.63) is 75.5 Å². The van der Waals surface area contributed by atoms with Gasteiger partial charge < -0.3 is 24.4 Å². The third-order valence-electron chi connectivity index (χ3n) is 10.1. The number of carboxylic acids is 1. The number of unbranched alkanes of at least 4 members (excludes halogenated alkanes) is 1. The number of rotatable bonds is 13. The second-order valence-corrected chi connectivity index (χ2v) is 14.7. The molecule has 0 radical (unpaired) electrons. The second kappa shape index (κ2) is 17.1. The van der Waals surface area contributed by atoms with Gasteiger partial charge in [-0.25, -0.2) is 4.39 Å². The van der Waals surface area contributed by atoms with Gasteiger partial charge in [0.2, 0.25) is 5.60 Å². The molecule has 56 heavy (non-hydrogen) atoms. The lowest BCUT2D eigenvalue weighted by Crippen LogP contribution is -2.68. The summed E-state index contributed by atoms with van der Waals surface area (Å²) in [5.74, 6) is -3.58. The normalized spacial score (nSPS) is 19.9. The second-order valence-electron chi connectivity index (χ2n) is 13.8. The molecule has 2 saturated heterocycles. The standard InChI is InChI=1S/C38H39F7N4O6S/c1-2-7-29-36(55-25-21-30(56-22-25)38(43,44)45,12-6-16-49(29)33(52)32-26(37(40,41)42)8-5-15-47-32)34(53)48-17-13-35(23-46,14-18-48)27-20-24(39)10-11-28(27)54-19-4-3-9-31(50)51/h5,8,10-11,15,20-22,29H,2-4,6-7,9,12-14,16-19H2,1H3,(H,50,51). The molecule has 0 aliphatic carbocycles. The van der Waals surface area contributed by atoms with Crippen LogP contribution in [0.3, 0.4) is 0 Å². The van der Waals surface area contributed by atoms with Gasteiger partial charge in [0.05, 0.1) is 29.7 Å². The van der Waals surface area contributed by atoms with Crippen LogP contribution in [0.5, 0.6) is 11.5 Å². The smallest absolute Gasteiger partial charge is 0.425 e. The summed E-state index contributed by atoms with van der Waals surface area (Å²) in [6.45, 7) is 1.48. The molecule has 5 rings (SSSR count). The molecule has 1 N–H and O–H groups in total. The number of nitrogens with zero attached hydrogens (tertiary/aromatic N) is 4. The highest BCUT2D eigenvalue weighted by Crippen LogP contribution is 2.45. The predicted octanol–water partition coefficient (Wildman–Crippen LogP) is 8.26. The van der Waals surface area contributed by atoms with Crippen LogP contribution in [0.4, 0.5) is 30.7 Å². The van der Waals surface area contributed by atoms with Crippen LogP contribution in [-0.2, 0) is 27.4 Å². The minimum Gasteiger partial charge on any atom is -0.493 e. The van der Waals surface area contributed by atoms with Gasteiger partial charge in [-0.3, -0.25) is 19.4 Å². The van der Waals surface area contributed by atoms with Gasteiger partial charge in [-0.15, -0.1) is 11.3 Å². The molecule has 0 saturated carbocycles. The fourth-order valence-corrected chi connectivity index (χ4v) is 8.12. The Bertz CT molecular complexity index is 1940. The molecule has 1 aromatic carbocycles. The molecule has 2 amide bonds. The number of benzene rings is 1. The lowest BCUT2D eigenvalue weighted by Gasteiger charge is -2.51. The summed E-state index contributed by atoms with van der Waals surface area (Å²) in [5, 5.41) is 20.5. The van der Waals surface area contributed by atoms with Crippen molar-refractivity contribution in [2.24, 2.45) is 0 Å². The SMILES string of the molecule is CCCC1N(C(=O)c2ncccc2C(F)(F)F)CCCC1(Oc1csc(C(F)(F)F)c1)C(=O)N1CCC(C#N)(c2cc(F)ccc2OCCCCC(=O)O)CC1. The van der Waals surface area contributed by atoms with Gasteiger partial charge in [0.1, 0.15) is 27.9 Å². The van der Waals surface area contributed by atoms with Gasteiger partial charge in [0.25, 0.3) is 11.8 Å². The number of piperidine rings is 2. The van der Waals surface area contributed by atoms with E-state index in [2.05, 4.69) is 11.1 Å². The molecule has 302 valence electrons. The van der Waals surface area contributed by atoms with E-state index < -0.39 is 69.1 Å². The number of aliphatic carboxylic acids is 1. The zero-order valence-electron chi connectivity index (χ0n) is 30.2. The number of ether oxygens (including phenoxy) is 2. The molecule has 10 nitrogen and oxygen atoms in total. The maximum absolute atomic E-state index is 14.9. The number of nitriles is 1. The van der Waals surface area contributed by atoms with Crippen molar-refractivity contribution in [2.75, 3.05) is 26.2 Å². The van der Waals surface area contributed by atoms with E-state index in [0.717, 1.165) is 34.7 Å². The van der Waals surface area contributed by atoms with Crippen LogP contribution < -0.4 is 9.47 Å². The molecule has 2 aliphatic rings. The Labute approximate surface area is 321 Å². The maximum atomic E-state index is 14.9. The number of aromatic nitrogens is 1. The highest BCUT2D eigenvalue weighted by Gasteiger charge is 2.57. The van der Waals surface area contributed by atoms with Gasteiger partial charge in [-0.2, -0.15) is 31.6 Å². The first-order valence-electron chi connectivity index (χ1n) is 18.0. The van der Waals surface area contributed by atoms with Crippen LogP contribution >= 0.6 is 11.3 Å². The molecule has 0 bridgehead atoms. The van der Waals surface area contributed by atoms with Crippen LogP contribution in [0.1, 0.15) is 91.2 Å². The van der Waals surface area contributed by atoms with Crippen molar-refractivity contribution in [3.63, 3.8) is 0 Å². The van der Waals surface area contributed by atoms with E-state index in [1.165, 1.54) is 17.0 Å². The van der Waals surface area contributed by atoms with Crippen LogP contribution in [0.15, 0.2) is 48.0 Å². The van der Waals surface area contributed by atoms with Crippen LogP contribution in [-0.4, -0.2) is 75.6 Å². The number of amides is 2. The van der Waals surface area contributed by atoms with E-state index in [1.54, 1.807) is 6.92 Å². The zero-order valence-corrected chi connectivity index (χ0v) is 31.0. The van der Waals surface area contributed by atoms with Gasteiger partial charge in [-0.05, 0) is 68.9 Å². The number of carbonyl (C=O) groups excluding carboxylic acids is 2. The fourth-order valence-electron chi connectivity index (χ4n) is 7.44. The molecule has 2 atom stereocenters. The van der Waals surface area contributed by atoms with Crippen LogP contribution in [0.2, 0.25) is 0 Å². The Morgan fingerprint density at radius 3 is 2.39 bits per heavy atom. The third kappa shape index (κ3) is 9.03. The maximum Gasteiger partial charge on any atom is 0.425 e. The van der Waals surface area contributed by atoms with Crippen molar-refractivity contribution in [3.8, 4) is 17.6 Å². The molecule has 18 heteroatoms. The average molecular weight is 813 g/mol. The summed E-state index contributed by atoms with van der Waals surface area (Å²) < 4.78 is 110. The number of hydrogen-bond donors (Lipinski definition) is 1. The minimum absolute atomic E-state index is 0.0222. The Balaban J connectivity index is 1.49. The number of carboxylic acid groups (broad SMARTS) is 1. The summed E-state index contributed by atoms with van der Waals surface area (Å²) >= 11 is 0.331. The summed E-state index contributed by atoms with van der Waals surface area (Å²) in [5.41, 5.74) is -5.38. The molecular formula is C38H39F7N4O6S. The number of halogens is 7. The Hall–Kier alpha value is -4.92. The lowest BCUT2D eigenvalue weighted by molar-refractivity contribution is -0.160. The van der Waals surface area contributed by atoms with Crippen molar-refractivity contribution < 1.29 is 59.7 Å².